The van der Waals surface area contributed by atoms with Crippen molar-refractivity contribution in [3.05, 3.63) is 83.8 Å². The molecule has 0 aliphatic heterocycles. The number of hydrogen-bond acceptors (Lipinski definition) is 5. The molecule has 10 heteroatoms. The second kappa shape index (κ2) is 9.51. The minimum Gasteiger partial charge on any atom is -0.468 e. The van der Waals surface area contributed by atoms with E-state index in [1.807, 2.05) is 0 Å². The Balaban J connectivity index is 1.58. The first-order chi connectivity index (χ1) is 14.3. The van der Waals surface area contributed by atoms with Crippen LogP contribution in [0.2, 0.25) is 0 Å². The highest BCUT2D eigenvalue weighted by Gasteiger charge is 2.15. The summed E-state index contributed by atoms with van der Waals surface area (Å²) in [4.78, 5) is 12.3. The Bertz CT molecular complexity index is 1080. The monoisotopic (exact) mass is 436 g/mol. The number of amides is 1. The molecule has 0 unspecified atom stereocenters. The number of benzene rings is 2. The van der Waals surface area contributed by atoms with E-state index in [-0.39, 0.29) is 29.3 Å². The topological polar surface area (TPSA) is 97.6 Å². The number of carbonyl (C=O) groups excluding carboxylic acids is 1. The van der Waals surface area contributed by atoms with Gasteiger partial charge in [-0.15, -0.1) is 0 Å². The van der Waals surface area contributed by atoms with Crippen LogP contribution in [0.15, 0.2) is 76.2 Å². The van der Waals surface area contributed by atoms with E-state index in [1.54, 1.807) is 18.2 Å². The van der Waals surface area contributed by atoms with E-state index in [0.717, 1.165) is 0 Å². The van der Waals surface area contributed by atoms with Crippen LogP contribution in [-0.2, 0) is 23.1 Å². The third-order valence-corrected chi connectivity index (χ3v) is 5.44. The van der Waals surface area contributed by atoms with E-state index in [2.05, 4.69) is 14.8 Å². The van der Waals surface area contributed by atoms with E-state index < -0.39 is 22.5 Å². The molecule has 7 nitrogen and oxygen atoms in total. The maximum absolute atomic E-state index is 12.3. The molecule has 0 aliphatic carbocycles. The molecule has 30 heavy (non-hydrogen) atoms. The van der Waals surface area contributed by atoms with Crippen LogP contribution in [0.3, 0.4) is 0 Å². The predicted molar refractivity (Wildman–Crippen MR) is 103 cm³/mol. The lowest BCUT2D eigenvalue weighted by Crippen LogP contribution is -2.24. The molecule has 0 fully saturated rings. The summed E-state index contributed by atoms with van der Waals surface area (Å²) >= 11 is 0. The quantitative estimate of drug-likeness (QED) is 0.537. The normalized spacial score (nSPS) is 11.4. The summed E-state index contributed by atoms with van der Waals surface area (Å²) in [6.07, 6.45) is 1.44. The van der Waals surface area contributed by atoms with Gasteiger partial charge in [0.25, 0.3) is 5.91 Å². The van der Waals surface area contributed by atoms with Gasteiger partial charge in [-0.25, -0.2) is 13.1 Å². The standard InChI is InChI=1S/C20H18F2N2O5S/c21-20(22)29-16-4-1-3-14(11-16)12-23-19(25)15-6-8-18(9-7-15)30(26,27)24-13-17-5-2-10-28-17/h1-11,20,24H,12-13H2,(H,23,25). The lowest BCUT2D eigenvalue weighted by Gasteiger charge is -2.09. The van der Waals surface area contributed by atoms with Gasteiger partial charge < -0.3 is 14.5 Å². The van der Waals surface area contributed by atoms with Crippen LogP contribution in [0.5, 0.6) is 5.75 Å². The number of hydrogen-bond donors (Lipinski definition) is 2. The van der Waals surface area contributed by atoms with Gasteiger partial charge in [0.05, 0.1) is 17.7 Å². The third kappa shape index (κ3) is 5.88. The minimum absolute atomic E-state index is 0.00227. The van der Waals surface area contributed by atoms with E-state index in [0.29, 0.717) is 11.3 Å². The van der Waals surface area contributed by atoms with E-state index in [4.69, 9.17) is 4.42 Å². The molecule has 0 saturated heterocycles. The van der Waals surface area contributed by atoms with Crippen molar-refractivity contribution in [3.8, 4) is 5.75 Å². The van der Waals surface area contributed by atoms with Gasteiger partial charge in [-0.05, 0) is 54.1 Å². The zero-order valence-corrected chi connectivity index (χ0v) is 16.4. The largest absolute Gasteiger partial charge is 0.468 e. The molecule has 0 aliphatic rings. The van der Waals surface area contributed by atoms with Crippen molar-refractivity contribution < 1.29 is 31.1 Å². The summed E-state index contributed by atoms with van der Waals surface area (Å²) in [6.45, 7) is -2.84. The number of halogens is 2. The zero-order valence-electron chi connectivity index (χ0n) is 15.5. The van der Waals surface area contributed by atoms with Gasteiger partial charge >= 0.3 is 6.61 Å². The molecule has 2 N–H and O–H groups in total. The second-order valence-electron chi connectivity index (χ2n) is 6.14. The van der Waals surface area contributed by atoms with Crippen molar-refractivity contribution >= 4 is 15.9 Å². The number of rotatable bonds is 9. The average molecular weight is 436 g/mol. The van der Waals surface area contributed by atoms with Crippen LogP contribution in [-0.4, -0.2) is 20.9 Å². The number of carbonyl (C=O) groups is 1. The van der Waals surface area contributed by atoms with Crippen molar-refractivity contribution in [2.24, 2.45) is 0 Å². The number of nitrogens with one attached hydrogen (secondary N) is 2. The summed E-state index contributed by atoms with van der Waals surface area (Å²) in [5, 5.41) is 2.64. The van der Waals surface area contributed by atoms with Gasteiger partial charge in [-0.1, -0.05) is 12.1 Å². The van der Waals surface area contributed by atoms with Crippen LogP contribution in [0.1, 0.15) is 21.7 Å². The number of ether oxygens (including phenoxy) is 1. The fourth-order valence-electron chi connectivity index (χ4n) is 2.56. The molecule has 0 saturated carbocycles. The van der Waals surface area contributed by atoms with Crippen molar-refractivity contribution in [3.63, 3.8) is 0 Å². The first-order valence-electron chi connectivity index (χ1n) is 8.77. The molecule has 0 spiro atoms. The molecule has 2 aromatic carbocycles. The number of furan rings is 1. The summed E-state index contributed by atoms with van der Waals surface area (Å²) in [7, 11) is -3.77. The van der Waals surface area contributed by atoms with Crippen molar-refractivity contribution in [1.29, 1.82) is 0 Å². The zero-order chi connectivity index (χ0) is 21.6. The molecular formula is C20H18F2N2O5S. The molecule has 0 atom stereocenters. The molecule has 0 radical (unpaired) electrons. The smallest absolute Gasteiger partial charge is 0.387 e. The molecule has 1 amide bonds. The first kappa shape index (κ1) is 21.5. The Labute approximate surface area is 171 Å². The Morgan fingerprint density at radius 2 is 1.80 bits per heavy atom. The van der Waals surface area contributed by atoms with E-state index in [9.17, 15) is 22.0 Å². The summed E-state index contributed by atoms with van der Waals surface area (Å²) in [5.41, 5.74) is 0.822. The lowest BCUT2D eigenvalue weighted by atomic mass is 10.2. The molecular weight excluding hydrogens is 418 g/mol. The minimum atomic E-state index is -3.77. The van der Waals surface area contributed by atoms with Gasteiger partial charge in [0, 0.05) is 12.1 Å². The van der Waals surface area contributed by atoms with Crippen molar-refractivity contribution in [2.75, 3.05) is 0 Å². The Morgan fingerprint density at radius 1 is 1.03 bits per heavy atom. The van der Waals surface area contributed by atoms with Crippen LogP contribution in [0, 0.1) is 0 Å². The number of alkyl halides is 2. The van der Waals surface area contributed by atoms with Crippen LogP contribution in [0.4, 0.5) is 8.78 Å². The lowest BCUT2D eigenvalue weighted by molar-refractivity contribution is -0.0498. The highest BCUT2D eigenvalue weighted by molar-refractivity contribution is 7.89. The van der Waals surface area contributed by atoms with Crippen molar-refractivity contribution in [2.45, 2.75) is 24.6 Å². The highest BCUT2D eigenvalue weighted by Crippen LogP contribution is 2.16. The van der Waals surface area contributed by atoms with Gasteiger partial charge in [-0.2, -0.15) is 8.78 Å². The van der Waals surface area contributed by atoms with Crippen LogP contribution in [0.25, 0.3) is 0 Å². The molecule has 3 rings (SSSR count). The van der Waals surface area contributed by atoms with Crippen LogP contribution < -0.4 is 14.8 Å². The first-order valence-corrected chi connectivity index (χ1v) is 10.3. The Hall–Kier alpha value is -3.24. The Kier molecular flexibility index (Phi) is 6.80. The molecule has 1 aromatic heterocycles. The maximum Gasteiger partial charge on any atom is 0.387 e. The van der Waals surface area contributed by atoms with Gasteiger partial charge in [0.15, 0.2) is 0 Å². The highest BCUT2D eigenvalue weighted by atomic mass is 32.2. The molecule has 0 bridgehead atoms. The fourth-order valence-corrected chi connectivity index (χ4v) is 3.56. The van der Waals surface area contributed by atoms with E-state index in [1.165, 1.54) is 48.7 Å². The van der Waals surface area contributed by atoms with Gasteiger partial charge in [0.2, 0.25) is 10.0 Å². The van der Waals surface area contributed by atoms with Gasteiger partial charge in [-0.3, -0.25) is 4.79 Å². The van der Waals surface area contributed by atoms with Crippen LogP contribution >= 0.6 is 0 Å². The van der Waals surface area contributed by atoms with E-state index >= 15 is 0 Å². The van der Waals surface area contributed by atoms with Crippen molar-refractivity contribution in [1.82, 2.24) is 10.0 Å². The average Bonchev–Trinajstić information content (AvgIpc) is 3.24. The van der Waals surface area contributed by atoms with Gasteiger partial charge in [0.1, 0.15) is 11.5 Å². The Morgan fingerprint density at radius 3 is 2.47 bits per heavy atom. The molecule has 1 heterocycles. The second-order valence-corrected chi connectivity index (χ2v) is 7.90. The summed E-state index contributed by atoms with van der Waals surface area (Å²) in [6, 6.07) is 14.7. The predicted octanol–water partition coefficient (Wildman–Crippen LogP) is 3.29. The third-order valence-electron chi connectivity index (χ3n) is 4.02. The summed E-state index contributed by atoms with van der Waals surface area (Å²) < 4.78 is 61.0. The summed E-state index contributed by atoms with van der Waals surface area (Å²) in [5.74, 6) is 0.0219. The maximum atomic E-state index is 12.3. The SMILES string of the molecule is O=C(NCc1cccc(OC(F)F)c1)c1ccc(S(=O)(=O)NCc2ccco2)cc1. The fraction of sp³-hybridized carbons (Fsp3) is 0.150. The molecule has 158 valence electrons. The number of sulfonamides is 1. The molecule has 3 aromatic rings.